The van der Waals surface area contributed by atoms with E-state index in [2.05, 4.69) is 20.9 Å². The minimum atomic E-state index is -0.362. The second kappa shape index (κ2) is 9.21. The number of anilines is 2. The molecule has 2 N–H and O–H groups in total. The first-order valence-electron chi connectivity index (χ1n) is 9.68. The van der Waals surface area contributed by atoms with Crippen LogP contribution in [-0.4, -0.2) is 33.4 Å². The van der Waals surface area contributed by atoms with Gasteiger partial charge in [-0.15, -0.1) is 5.10 Å². The zero-order valence-corrected chi connectivity index (χ0v) is 17.5. The lowest BCUT2D eigenvalue weighted by atomic mass is 10.1. The zero-order chi connectivity index (χ0) is 21.7. The predicted molar refractivity (Wildman–Crippen MR) is 115 cm³/mol. The molecule has 3 rings (SSSR count). The van der Waals surface area contributed by atoms with Gasteiger partial charge in [-0.2, -0.15) is 0 Å². The number of hydrogen-bond acceptors (Lipinski definition) is 5. The lowest BCUT2D eigenvalue weighted by molar-refractivity contribution is -0.117. The van der Waals surface area contributed by atoms with Crippen LogP contribution in [0.1, 0.15) is 34.2 Å². The first-order chi connectivity index (χ1) is 14.4. The van der Waals surface area contributed by atoms with E-state index in [9.17, 15) is 9.59 Å². The van der Waals surface area contributed by atoms with Crippen LogP contribution in [-0.2, 0) is 11.3 Å². The maximum atomic E-state index is 12.6. The summed E-state index contributed by atoms with van der Waals surface area (Å²) in [6.07, 6.45) is 0. The number of amides is 2. The highest BCUT2D eigenvalue weighted by Crippen LogP contribution is 2.18. The summed E-state index contributed by atoms with van der Waals surface area (Å²) in [7, 11) is 0. The number of nitrogens with zero attached hydrogens (tertiary/aromatic N) is 3. The normalized spacial score (nSPS) is 10.5. The summed E-state index contributed by atoms with van der Waals surface area (Å²) in [5.41, 5.74) is 4.07. The molecule has 1 aromatic heterocycles. The maximum Gasteiger partial charge on any atom is 0.278 e. The Hall–Kier alpha value is -3.68. The molecule has 0 unspecified atom stereocenters. The minimum absolute atomic E-state index is 0.0528. The van der Waals surface area contributed by atoms with Crippen molar-refractivity contribution in [1.82, 2.24) is 15.0 Å². The fourth-order valence-electron chi connectivity index (χ4n) is 2.91. The molecule has 1 heterocycles. The molecule has 2 aromatic carbocycles. The van der Waals surface area contributed by atoms with E-state index < -0.39 is 0 Å². The molecule has 0 aliphatic rings. The van der Waals surface area contributed by atoms with E-state index in [0.29, 0.717) is 18.0 Å². The number of carbonyl (C=O) groups excluding carboxylic acids is 2. The highest BCUT2D eigenvalue weighted by Gasteiger charge is 2.18. The highest BCUT2D eigenvalue weighted by atomic mass is 16.5. The lowest BCUT2D eigenvalue weighted by Crippen LogP contribution is -2.21. The van der Waals surface area contributed by atoms with E-state index in [1.54, 1.807) is 31.2 Å². The summed E-state index contributed by atoms with van der Waals surface area (Å²) in [5.74, 6) is 0.107. The number of benzene rings is 2. The molecule has 0 aliphatic carbocycles. The molecule has 156 valence electrons. The molecule has 8 heteroatoms. The summed E-state index contributed by atoms with van der Waals surface area (Å²) in [6.45, 7) is 8.03. The third-order valence-corrected chi connectivity index (χ3v) is 4.58. The van der Waals surface area contributed by atoms with Crippen molar-refractivity contribution >= 4 is 23.2 Å². The molecule has 2 amide bonds. The number of aryl methyl sites for hydroxylation is 2. The molecular formula is C22H25N5O3. The van der Waals surface area contributed by atoms with Crippen LogP contribution in [0.3, 0.4) is 0 Å². The number of hydrogen-bond donors (Lipinski definition) is 2. The molecule has 8 nitrogen and oxygen atoms in total. The van der Waals surface area contributed by atoms with Gasteiger partial charge >= 0.3 is 0 Å². The third-order valence-electron chi connectivity index (χ3n) is 4.58. The van der Waals surface area contributed by atoms with Crippen LogP contribution in [0, 0.1) is 20.8 Å². The Morgan fingerprint density at radius 3 is 2.47 bits per heavy atom. The van der Waals surface area contributed by atoms with Gasteiger partial charge in [-0.25, -0.2) is 4.68 Å². The number of carbonyl (C=O) groups is 2. The number of aromatic nitrogens is 3. The Morgan fingerprint density at radius 1 is 1.03 bits per heavy atom. The number of nitrogens with one attached hydrogen (secondary N) is 2. The summed E-state index contributed by atoms with van der Waals surface area (Å²) < 4.78 is 6.79. The summed E-state index contributed by atoms with van der Waals surface area (Å²) in [5, 5.41) is 13.6. The van der Waals surface area contributed by atoms with Gasteiger partial charge in [0.05, 0.1) is 12.3 Å². The van der Waals surface area contributed by atoms with Crippen LogP contribution < -0.4 is 15.4 Å². The second-order valence-corrected chi connectivity index (χ2v) is 6.96. The Morgan fingerprint density at radius 2 is 1.77 bits per heavy atom. The van der Waals surface area contributed by atoms with Crippen molar-refractivity contribution in [1.29, 1.82) is 0 Å². The fourth-order valence-corrected chi connectivity index (χ4v) is 2.91. The van der Waals surface area contributed by atoms with Crippen LogP contribution in [0.2, 0.25) is 0 Å². The summed E-state index contributed by atoms with van der Waals surface area (Å²) >= 11 is 0. The van der Waals surface area contributed by atoms with Gasteiger partial charge in [0.1, 0.15) is 12.3 Å². The van der Waals surface area contributed by atoms with Crippen molar-refractivity contribution in [2.45, 2.75) is 34.2 Å². The Labute approximate surface area is 175 Å². The number of rotatable bonds is 7. The van der Waals surface area contributed by atoms with E-state index in [-0.39, 0.29) is 24.1 Å². The average Bonchev–Trinajstić information content (AvgIpc) is 3.07. The van der Waals surface area contributed by atoms with Gasteiger partial charge in [0.2, 0.25) is 5.91 Å². The van der Waals surface area contributed by atoms with Gasteiger partial charge < -0.3 is 15.4 Å². The van der Waals surface area contributed by atoms with Crippen LogP contribution in [0.5, 0.6) is 5.75 Å². The van der Waals surface area contributed by atoms with Gasteiger partial charge in [0.15, 0.2) is 5.69 Å². The molecule has 0 aliphatic heterocycles. The van der Waals surface area contributed by atoms with Crippen molar-refractivity contribution in [3.8, 4) is 5.75 Å². The molecule has 0 atom stereocenters. The molecule has 0 bridgehead atoms. The van der Waals surface area contributed by atoms with Crippen LogP contribution in [0.25, 0.3) is 0 Å². The van der Waals surface area contributed by atoms with Gasteiger partial charge in [0, 0.05) is 11.4 Å². The van der Waals surface area contributed by atoms with E-state index in [1.165, 1.54) is 4.68 Å². The van der Waals surface area contributed by atoms with Crippen molar-refractivity contribution in [2.75, 3.05) is 17.2 Å². The predicted octanol–water partition coefficient (Wildman–Crippen LogP) is 3.49. The maximum absolute atomic E-state index is 12.6. The number of ether oxygens (including phenoxy) is 1. The largest absolute Gasteiger partial charge is 0.494 e. The molecule has 3 aromatic rings. The third kappa shape index (κ3) is 5.02. The summed E-state index contributed by atoms with van der Waals surface area (Å²) in [6, 6.07) is 12.9. The molecule has 0 saturated heterocycles. The van der Waals surface area contributed by atoms with Crippen LogP contribution in [0.4, 0.5) is 11.4 Å². The van der Waals surface area contributed by atoms with Crippen molar-refractivity contribution in [3.05, 3.63) is 65.0 Å². The van der Waals surface area contributed by atoms with Crippen LogP contribution >= 0.6 is 0 Å². The monoisotopic (exact) mass is 407 g/mol. The van der Waals surface area contributed by atoms with Gasteiger partial charge in [-0.1, -0.05) is 17.3 Å². The smallest absolute Gasteiger partial charge is 0.278 e. The van der Waals surface area contributed by atoms with Crippen molar-refractivity contribution < 1.29 is 14.3 Å². The second-order valence-electron chi connectivity index (χ2n) is 6.96. The Balaban J connectivity index is 1.65. The Kier molecular flexibility index (Phi) is 6.46. The molecule has 0 spiro atoms. The van der Waals surface area contributed by atoms with Gasteiger partial charge in [0.25, 0.3) is 5.91 Å². The van der Waals surface area contributed by atoms with Crippen molar-refractivity contribution in [2.24, 2.45) is 0 Å². The van der Waals surface area contributed by atoms with Gasteiger partial charge in [-0.05, 0) is 69.2 Å². The quantitative estimate of drug-likeness (QED) is 0.625. The molecule has 0 radical (unpaired) electrons. The SMILES string of the molecule is CCOc1ccc(NC(=O)Cn2nnc(C(=O)Nc3cc(C)ccc3C)c2C)cc1. The Bertz CT molecular complexity index is 1060. The fraction of sp³-hybridized carbons (Fsp3) is 0.273. The average molecular weight is 407 g/mol. The minimum Gasteiger partial charge on any atom is -0.494 e. The molecular weight excluding hydrogens is 382 g/mol. The standard InChI is InChI=1S/C22H25N5O3/c1-5-30-18-10-8-17(9-11-18)23-20(28)13-27-16(4)21(25-26-27)22(29)24-19-12-14(2)6-7-15(19)3/h6-12H,5,13H2,1-4H3,(H,23,28)(H,24,29). The van der Waals surface area contributed by atoms with Crippen LogP contribution in [0.15, 0.2) is 42.5 Å². The molecule has 30 heavy (non-hydrogen) atoms. The molecule has 0 saturated carbocycles. The van der Waals surface area contributed by atoms with E-state index in [0.717, 1.165) is 22.6 Å². The highest BCUT2D eigenvalue weighted by molar-refractivity contribution is 6.04. The zero-order valence-electron chi connectivity index (χ0n) is 17.5. The molecule has 0 fully saturated rings. The topological polar surface area (TPSA) is 98.1 Å². The van der Waals surface area contributed by atoms with E-state index in [4.69, 9.17) is 4.74 Å². The van der Waals surface area contributed by atoms with Crippen molar-refractivity contribution in [3.63, 3.8) is 0 Å². The van der Waals surface area contributed by atoms with E-state index in [1.807, 2.05) is 39.0 Å². The van der Waals surface area contributed by atoms with E-state index >= 15 is 0 Å². The first-order valence-corrected chi connectivity index (χ1v) is 9.68. The lowest BCUT2D eigenvalue weighted by Gasteiger charge is -2.09. The van der Waals surface area contributed by atoms with Gasteiger partial charge in [-0.3, -0.25) is 9.59 Å². The first kappa shape index (κ1) is 21.0. The summed E-state index contributed by atoms with van der Waals surface area (Å²) in [4.78, 5) is 25.0.